The highest BCUT2D eigenvalue weighted by Gasteiger charge is 2.35. The summed E-state index contributed by atoms with van der Waals surface area (Å²) in [5, 5.41) is 0.578. The Morgan fingerprint density at radius 1 is 1.11 bits per heavy atom. The molecule has 2 nitrogen and oxygen atoms in total. The van der Waals surface area contributed by atoms with Gasteiger partial charge in [0.15, 0.2) is 0 Å². The predicted octanol–water partition coefficient (Wildman–Crippen LogP) is 2.69. The Morgan fingerprint density at radius 2 is 1.83 bits per heavy atom. The molecule has 1 aromatic rings. The lowest BCUT2D eigenvalue weighted by molar-refractivity contribution is 0.556. The molecular formula is C15H21NOS. The van der Waals surface area contributed by atoms with Crippen molar-refractivity contribution in [1.29, 1.82) is 0 Å². The van der Waals surface area contributed by atoms with Crippen LogP contribution in [0.4, 0.5) is 0 Å². The lowest BCUT2D eigenvalue weighted by Crippen LogP contribution is -2.38. The van der Waals surface area contributed by atoms with Gasteiger partial charge in [-0.05, 0) is 36.8 Å². The van der Waals surface area contributed by atoms with Crippen molar-refractivity contribution in [3.8, 4) is 0 Å². The SMILES string of the molecule is NC1c2ccccc2CCC1S(=O)C1CCCC1. The third-order valence-electron chi connectivity index (χ3n) is 4.44. The zero-order valence-electron chi connectivity index (χ0n) is 10.7. The number of rotatable bonds is 2. The van der Waals surface area contributed by atoms with Crippen molar-refractivity contribution in [1.82, 2.24) is 0 Å². The summed E-state index contributed by atoms with van der Waals surface area (Å²) in [5.41, 5.74) is 8.94. The van der Waals surface area contributed by atoms with E-state index in [0.29, 0.717) is 5.25 Å². The van der Waals surface area contributed by atoms with E-state index < -0.39 is 10.8 Å². The van der Waals surface area contributed by atoms with Crippen molar-refractivity contribution in [2.75, 3.05) is 0 Å². The van der Waals surface area contributed by atoms with Gasteiger partial charge in [0.1, 0.15) is 0 Å². The number of aryl methyl sites for hydroxylation is 1. The van der Waals surface area contributed by atoms with Crippen LogP contribution in [-0.4, -0.2) is 14.7 Å². The smallest absolute Gasteiger partial charge is 0.0546 e. The standard InChI is InChI=1S/C15H21NOS/c16-15-13-8-4-1-5-11(13)9-10-14(15)18(17)12-6-2-3-7-12/h1,4-5,8,12,14-15H,2-3,6-7,9-10,16H2. The Labute approximate surface area is 111 Å². The van der Waals surface area contributed by atoms with Crippen molar-refractivity contribution in [3.05, 3.63) is 35.4 Å². The van der Waals surface area contributed by atoms with Gasteiger partial charge in [-0.3, -0.25) is 4.21 Å². The molecule has 98 valence electrons. The van der Waals surface area contributed by atoms with Gasteiger partial charge in [-0.1, -0.05) is 37.1 Å². The zero-order valence-corrected chi connectivity index (χ0v) is 11.5. The second-order valence-corrected chi connectivity index (χ2v) is 7.47. The maximum absolute atomic E-state index is 12.7. The van der Waals surface area contributed by atoms with Gasteiger partial charge < -0.3 is 5.73 Å². The number of fused-ring (bicyclic) bond motifs is 1. The van der Waals surface area contributed by atoms with Crippen LogP contribution in [0.3, 0.4) is 0 Å². The first kappa shape index (κ1) is 12.4. The quantitative estimate of drug-likeness (QED) is 0.891. The first-order valence-electron chi connectivity index (χ1n) is 7.00. The third kappa shape index (κ3) is 2.14. The fourth-order valence-corrected chi connectivity index (χ4v) is 5.47. The van der Waals surface area contributed by atoms with Crippen molar-refractivity contribution >= 4 is 10.8 Å². The van der Waals surface area contributed by atoms with Gasteiger partial charge in [0.2, 0.25) is 0 Å². The van der Waals surface area contributed by atoms with Crippen LogP contribution in [-0.2, 0) is 17.2 Å². The minimum absolute atomic E-state index is 0.0311. The van der Waals surface area contributed by atoms with E-state index >= 15 is 0 Å². The van der Waals surface area contributed by atoms with Gasteiger partial charge in [-0.25, -0.2) is 0 Å². The van der Waals surface area contributed by atoms with Gasteiger partial charge in [0.25, 0.3) is 0 Å². The first-order chi connectivity index (χ1) is 8.77. The van der Waals surface area contributed by atoms with Crippen molar-refractivity contribution < 1.29 is 4.21 Å². The van der Waals surface area contributed by atoms with E-state index in [1.54, 1.807) is 0 Å². The van der Waals surface area contributed by atoms with Crippen LogP contribution in [0.15, 0.2) is 24.3 Å². The maximum atomic E-state index is 12.7. The average molecular weight is 263 g/mol. The van der Waals surface area contributed by atoms with Gasteiger partial charge >= 0.3 is 0 Å². The molecular weight excluding hydrogens is 242 g/mol. The lowest BCUT2D eigenvalue weighted by Gasteiger charge is -2.32. The first-order valence-corrected chi connectivity index (χ1v) is 8.28. The van der Waals surface area contributed by atoms with Gasteiger partial charge in [-0.15, -0.1) is 0 Å². The number of hydrogen-bond donors (Lipinski definition) is 1. The molecule has 3 unspecified atom stereocenters. The van der Waals surface area contributed by atoms with Crippen LogP contribution in [0.1, 0.15) is 49.3 Å². The largest absolute Gasteiger partial charge is 0.323 e. The van der Waals surface area contributed by atoms with E-state index in [-0.39, 0.29) is 11.3 Å². The molecule has 0 heterocycles. The summed E-state index contributed by atoms with van der Waals surface area (Å²) < 4.78 is 12.7. The molecule has 18 heavy (non-hydrogen) atoms. The molecule has 0 bridgehead atoms. The minimum atomic E-state index is -0.744. The molecule has 1 saturated carbocycles. The second-order valence-electron chi connectivity index (χ2n) is 5.54. The van der Waals surface area contributed by atoms with Crippen LogP contribution >= 0.6 is 0 Å². The molecule has 3 rings (SSSR count). The summed E-state index contributed by atoms with van der Waals surface area (Å²) >= 11 is 0. The Bertz CT molecular complexity index is 454. The van der Waals surface area contributed by atoms with E-state index in [4.69, 9.17) is 5.73 Å². The highest BCUT2D eigenvalue weighted by Crippen LogP contribution is 2.35. The molecule has 1 fully saturated rings. The normalized spacial score (nSPS) is 30.1. The fraction of sp³-hybridized carbons (Fsp3) is 0.600. The molecule has 1 aromatic carbocycles. The summed E-state index contributed by atoms with van der Waals surface area (Å²) in [6.45, 7) is 0. The summed E-state index contributed by atoms with van der Waals surface area (Å²) in [7, 11) is -0.744. The average Bonchev–Trinajstić information content (AvgIpc) is 2.93. The summed E-state index contributed by atoms with van der Waals surface area (Å²) in [6.07, 6.45) is 6.78. The van der Waals surface area contributed by atoms with E-state index in [1.165, 1.54) is 24.0 Å². The van der Waals surface area contributed by atoms with Gasteiger partial charge in [0, 0.05) is 22.1 Å². The Balaban J connectivity index is 1.81. The Morgan fingerprint density at radius 3 is 2.61 bits per heavy atom. The maximum Gasteiger partial charge on any atom is 0.0546 e. The summed E-state index contributed by atoms with van der Waals surface area (Å²) in [6, 6.07) is 8.35. The topological polar surface area (TPSA) is 43.1 Å². The van der Waals surface area contributed by atoms with E-state index in [2.05, 4.69) is 18.2 Å². The third-order valence-corrected chi connectivity index (χ3v) is 6.70. The van der Waals surface area contributed by atoms with Crippen LogP contribution in [0, 0.1) is 0 Å². The van der Waals surface area contributed by atoms with E-state index in [1.807, 2.05) is 6.07 Å². The van der Waals surface area contributed by atoms with Gasteiger partial charge in [0.05, 0.1) is 5.25 Å². The summed E-state index contributed by atoms with van der Waals surface area (Å²) in [4.78, 5) is 0. The molecule has 3 heteroatoms. The molecule has 2 aliphatic rings. The van der Waals surface area contributed by atoms with Crippen molar-refractivity contribution in [2.45, 2.75) is 55.1 Å². The van der Waals surface area contributed by atoms with Crippen LogP contribution < -0.4 is 5.73 Å². The van der Waals surface area contributed by atoms with E-state index in [9.17, 15) is 4.21 Å². The highest BCUT2D eigenvalue weighted by molar-refractivity contribution is 7.86. The molecule has 0 aliphatic heterocycles. The minimum Gasteiger partial charge on any atom is -0.323 e. The number of hydrogen-bond acceptors (Lipinski definition) is 2. The summed E-state index contributed by atoms with van der Waals surface area (Å²) in [5.74, 6) is 0. The number of benzene rings is 1. The van der Waals surface area contributed by atoms with Crippen molar-refractivity contribution in [3.63, 3.8) is 0 Å². The van der Waals surface area contributed by atoms with Crippen LogP contribution in [0.25, 0.3) is 0 Å². The van der Waals surface area contributed by atoms with Crippen molar-refractivity contribution in [2.24, 2.45) is 5.73 Å². The molecule has 2 aliphatic carbocycles. The molecule has 0 saturated heterocycles. The Hall–Kier alpha value is -0.670. The Kier molecular flexibility index (Phi) is 3.53. The van der Waals surface area contributed by atoms with Crippen LogP contribution in [0.5, 0.6) is 0 Å². The molecule has 3 atom stereocenters. The second kappa shape index (κ2) is 5.14. The molecule has 2 N–H and O–H groups in total. The molecule has 0 aromatic heterocycles. The number of nitrogens with two attached hydrogens (primary N) is 1. The molecule has 0 spiro atoms. The monoisotopic (exact) mass is 263 g/mol. The molecule has 0 radical (unpaired) electrons. The molecule has 0 amide bonds. The van der Waals surface area contributed by atoms with E-state index in [0.717, 1.165) is 25.7 Å². The predicted molar refractivity (Wildman–Crippen MR) is 75.9 cm³/mol. The zero-order chi connectivity index (χ0) is 12.5. The van der Waals surface area contributed by atoms with Crippen LogP contribution in [0.2, 0.25) is 0 Å². The lowest BCUT2D eigenvalue weighted by atomic mass is 9.88. The fourth-order valence-electron chi connectivity index (χ4n) is 3.39. The van der Waals surface area contributed by atoms with Gasteiger partial charge in [-0.2, -0.15) is 0 Å². The highest BCUT2D eigenvalue weighted by atomic mass is 32.2.